The van der Waals surface area contributed by atoms with Gasteiger partial charge in [0.25, 0.3) is 10.0 Å². The molecule has 2 amide bonds. The second-order valence-electron chi connectivity index (χ2n) is 9.37. The minimum atomic E-state index is -4.07. The molecule has 0 unspecified atom stereocenters. The maximum atomic E-state index is 14.0. The van der Waals surface area contributed by atoms with Crippen molar-refractivity contribution >= 4 is 43.5 Å². The molecular formula is C30H36BrN3O4S. The number of sulfonamides is 1. The number of anilines is 1. The van der Waals surface area contributed by atoms with Crippen LogP contribution in [0.5, 0.6) is 0 Å². The molecular weight excluding hydrogens is 578 g/mol. The SMILES string of the molecule is CC[C@@H](C)NC(=O)[C@H](CC)N(CCc1ccccc1)C(=O)CN(c1ccc(Br)cc1)S(=O)(=O)c1ccccc1. The highest BCUT2D eigenvalue weighted by molar-refractivity contribution is 9.10. The van der Waals surface area contributed by atoms with E-state index in [9.17, 15) is 18.0 Å². The van der Waals surface area contributed by atoms with Gasteiger partial charge in [0.05, 0.1) is 10.6 Å². The Bertz CT molecular complexity index is 1320. The standard InChI is InChI=1S/C30H36BrN3O4S/c1-4-23(3)32-30(36)28(5-2)33(21-20-24-12-8-6-9-13-24)29(35)22-34(26-18-16-25(31)17-19-26)39(37,38)27-14-10-7-11-15-27/h6-19,23,28H,4-5,20-22H2,1-3H3,(H,32,36)/t23-,28+/m1/s1. The molecule has 0 radical (unpaired) electrons. The summed E-state index contributed by atoms with van der Waals surface area (Å²) >= 11 is 3.39. The van der Waals surface area contributed by atoms with Crippen LogP contribution in [0.15, 0.2) is 94.3 Å². The Morgan fingerprint density at radius 1 is 0.872 bits per heavy atom. The zero-order valence-corrected chi connectivity index (χ0v) is 25.0. The van der Waals surface area contributed by atoms with Crippen molar-refractivity contribution in [2.75, 3.05) is 17.4 Å². The van der Waals surface area contributed by atoms with E-state index in [4.69, 9.17) is 0 Å². The zero-order valence-electron chi connectivity index (χ0n) is 22.6. The van der Waals surface area contributed by atoms with Crippen LogP contribution >= 0.6 is 15.9 Å². The smallest absolute Gasteiger partial charge is 0.264 e. The molecule has 3 aromatic carbocycles. The third-order valence-electron chi connectivity index (χ3n) is 6.60. The lowest BCUT2D eigenvalue weighted by molar-refractivity contribution is -0.139. The van der Waals surface area contributed by atoms with Gasteiger partial charge in [0, 0.05) is 17.1 Å². The van der Waals surface area contributed by atoms with Gasteiger partial charge in [-0.2, -0.15) is 0 Å². The summed E-state index contributed by atoms with van der Waals surface area (Å²) in [6.07, 6.45) is 1.68. The van der Waals surface area contributed by atoms with E-state index < -0.39 is 28.5 Å². The Labute approximate surface area is 240 Å². The van der Waals surface area contributed by atoms with Gasteiger partial charge in [0.15, 0.2) is 0 Å². The first-order valence-electron chi connectivity index (χ1n) is 13.1. The number of nitrogens with zero attached hydrogens (tertiary/aromatic N) is 2. The number of hydrogen-bond acceptors (Lipinski definition) is 4. The molecule has 0 aliphatic rings. The highest BCUT2D eigenvalue weighted by Gasteiger charge is 2.33. The van der Waals surface area contributed by atoms with Gasteiger partial charge in [-0.1, -0.05) is 78.3 Å². The molecule has 39 heavy (non-hydrogen) atoms. The lowest BCUT2D eigenvalue weighted by atomic mass is 10.1. The number of carbonyl (C=O) groups excluding carboxylic acids is 2. The lowest BCUT2D eigenvalue weighted by Gasteiger charge is -2.33. The van der Waals surface area contributed by atoms with E-state index in [1.165, 1.54) is 17.0 Å². The van der Waals surface area contributed by atoms with Crippen LogP contribution in [0.25, 0.3) is 0 Å². The molecule has 0 saturated carbocycles. The van der Waals surface area contributed by atoms with Crippen LogP contribution in [0.1, 0.15) is 39.2 Å². The van der Waals surface area contributed by atoms with E-state index in [0.717, 1.165) is 20.8 Å². The lowest BCUT2D eigenvalue weighted by Crippen LogP contribution is -2.54. The van der Waals surface area contributed by atoms with Crippen LogP contribution < -0.4 is 9.62 Å². The molecule has 0 heterocycles. The average molecular weight is 615 g/mol. The minimum absolute atomic E-state index is 0.0460. The highest BCUT2D eigenvalue weighted by atomic mass is 79.9. The normalized spacial score (nSPS) is 12.8. The average Bonchev–Trinajstić information content (AvgIpc) is 2.95. The molecule has 0 aromatic heterocycles. The first-order valence-corrected chi connectivity index (χ1v) is 15.4. The summed E-state index contributed by atoms with van der Waals surface area (Å²) in [4.78, 5) is 28.9. The quantitative estimate of drug-likeness (QED) is 0.279. The third kappa shape index (κ3) is 8.16. The first kappa shape index (κ1) is 30.4. The van der Waals surface area contributed by atoms with Gasteiger partial charge >= 0.3 is 0 Å². The fraction of sp³-hybridized carbons (Fsp3) is 0.333. The maximum absolute atomic E-state index is 14.0. The Morgan fingerprint density at radius 2 is 1.46 bits per heavy atom. The van der Waals surface area contributed by atoms with Crippen molar-refractivity contribution in [3.8, 4) is 0 Å². The molecule has 0 bridgehead atoms. The van der Waals surface area contributed by atoms with Crippen LogP contribution in [0, 0.1) is 0 Å². The van der Waals surface area contributed by atoms with E-state index in [2.05, 4.69) is 21.2 Å². The van der Waals surface area contributed by atoms with Gasteiger partial charge < -0.3 is 10.2 Å². The van der Waals surface area contributed by atoms with Crippen molar-refractivity contribution in [2.24, 2.45) is 0 Å². The van der Waals surface area contributed by atoms with E-state index >= 15 is 0 Å². The molecule has 0 aliphatic heterocycles. The summed E-state index contributed by atoms with van der Waals surface area (Å²) < 4.78 is 29.5. The van der Waals surface area contributed by atoms with Gasteiger partial charge in [-0.15, -0.1) is 0 Å². The third-order valence-corrected chi connectivity index (χ3v) is 8.91. The second-order valence-corrected chi connectivity index (χ2v) is 12.1. The van der Waals surface area contributed by atoms with Gasteiger partial charge in [0.2, 0.25) is 11.8 Å². The fourth-order valence-corrected chi connectivity index (χ4v) is 5.89. The van der Waals surface area contributed by atoms with E-state index in [1.54, 1.807) is 42.5 Å². The summed E-state index contributed by atoms with van der Waals surface area (Å²) in [5.74, 6) is -0.686. The second kappa shape index (κ2) is 14.3. The molecule has 0 aliphatic carbocycles. The zero-order chi connectivity index (χ0) is 28.4. The Morgan fingerprint density at radius 3 is 2.03 bits per heavy atom. The number of hydrogen-bond donors (Lipinski definition) is 1. The monoisotopic (exact) mass is 613 g/mol. The summed E-state index contributed by atoms with van der Waals surface area (Å²) in [5, 5.41) is 2.99. The molecule has 1 N–H and O–H groups in total. The number of benzene rings is 3. The van der Waals surface area contributed by atoms with Crippen molar-refractivity contribution in [3.63, 3.8) is 0 Å². The Balaban J connectivity index is 1.99. The van der Waals surface area contributed by atoms with Crippen molar-refractivity contribution in [1.29, 1.82) is 0 Å². The first-order chi connectivity index (χ1) is 18.7. The van der Waals surface area contributed by atoms with Gasteiger partial charge in [0.1, 0.15) is 12.6 Å². The molecule has 3 rings (SSSR count). The maximum Gasteiger partial charge on any atom is 0.264 e. The molecule has 2 atom stereocenters. The summed E-state index contributed by atoms with van der Waals surface area (Å²) in [7, 11) is -4.07. The van der Waals surface area contributed by atoms with E-state index in [-0.39, 0.29) is 23.4 Å². The number of halogens is 1. The molecule has 0 spiro atoms. The van der Waals surface area contributed by atoms with Crippen molar-refractivity contribution in [2.45, 2.75) is 57.0 Å². The molecule has 9 heteroatoms. The Kier molecular flexibility index (Phi) is 11.1. The minimum Gasteiger partial charge on any atom is -0.352 e. The van der Waals surface area contributed by atoms with E-state index in [0.29, 0.717) is 18.5 Å². The van der Waals surface area contributed by atoms with Crippen LogP contribution in [-0.2, 0) is 26.0 Å². The number of nitrogens with one attached hydrogen (secondary N) is 1. The molecule has 3 aromatic rings. The van der Waals surface area contributed by atoms with Crippen LogP contribution in [-0.4, -0.2) is 50.3 Å². The highest BCUT2D eigenvalue weighted by Crippen LogP contribution is 2.26. The van der Waals surface area contributed by atoms with Crippen LogP contribution in [0.3, 0.4) is 0 Å². The van der Waals surface area contributed by atoms with Crippen LogP contribution in [0.2, 0.25) is 0 Å². The van der Waals surface area contributed by atoms with Crippen molar-refractivity contribution in [1.82, 2.24) is 10.2 Å². The van der Waals surface area contributed by atoms with Gasteiger partial charge in [-0.3, -0.25) is 13.9 Å². The van der Waals surface area contributed by atoms with Crippen molar-refractivity contribution in [3.05, 3.63) is 95.0 Å². The molecule has 0 saturated heterocycles. The summed E-state index contributed by atoms with van der Waals surface area (Å²) in [6.45, 7) is 5.59. The summed E-state index contributed by atoms with van der Waals surface area (Å²) in [5.41, 5.74) is 1.38. The topological polar surface area (TPSA) is 86.8 Å². The van der Waals surface area contributed by atoms with Gasteiger partial charge in [-0.05, 0) is 68.1 Å². The van der Waals surface area contributed by atoms with Crippen LogP contribution in [0.4, 0.5) is 5.69 Å². The number of rotatable bonds is 13. The molecule has 0 fully saturated rings. The number of carbonyl (C=O) groups is 2. The number of amides is 2. The van der Waals surface area contributed by atoms with Gasteiger partial charge in [-0.25, -0.2) is 8.42 Å². The largest absolute Gasteiger partial charge is 0.352 e. The summed E-state index contributed by atoms with van der Waals surface area (Å²) in [6, 6.07) is 23.7. The fourth-order valence-electron chi connectivity index (χ4n) is 4.19. The Hall–Kier alpha value is -3.17. The van der Waals surface area contributed by atoms with E-state index in [1.807, 2.05) is 51.1 Å². The molecule has 7 nitrogen and oxygen atoms in total. The van der Waals surface area contributed by atoms with Crippen molar-refractivity contribution < 1.29 is 18.0 Å². The predicted molar refractivity (Wildman–Crippen MR) is 159 cm³/mol. The molecule has 208 valence electrons. The predicted octanol–water partition coefficient (Wildman–Crippen LogP) is 5.41.